The van der Waals surface area contributed by atoms with E-state index in [0.717, 1.165) is 66.6 Å². The topological polar surface area (TPSA) is 124 Å². The Morgan fingerprint density at radius 1 is 1.20 bits per heavy atom. The highest BCUT2D eigenvalue weighted by molar-refractivity contribution is 6.04. The van der Waals surface area contributed by atoms with E-state index in [1.165, 1.54) is 6.33 Å². The number of nitrogens with two attached hydrogens (primary N) is 1. The van der Waals surface area contributed by atoms with Crippen molar-refractivity contribution in [2.75, 3.05) is 24.1 Å². The zero-order valence-corrected chi connectivity index (χ0v) is 20.4. The molecule has 1 aliphatic rings. The van der Waals surface area contributed by atoms with Gasteiger partial charge in [0.05, 0.1) is 11.4 Å². The Morgan fingerprint density at radius 2 is 2.03 bits per heavy atom. The maximum atomic E-state index is 12.8. The van der Waals surface area contributed by atoms with Crippen molar-refractivity contribution in [3.05, 3.63) is 60.0 Å². The van der Waals surface area contributed by atoms with Crippen molar-refractivity contribution in [2.45, 2.75) is 38.6 Å². The van der Waals surface area contributed by atoms with Crippen molar-refractivity contribution >= 4 is 41.0 Å². The second-order valence-corrected chi connectivity index (χ2v) is 8.58. The first-order valence-corrected chi connectivity index (χ1v) is 11.7. The van der Waals surface area contributed by atoms with Gasteiger partial charge in [-0.15, -0.1) is 12.4 Å². The summed E-state index contributed by atoms with van der Waals surface area (Å²) in [6.07, 6.45) is 7.30. The van der Waals surface area contributed by atoms with E-state index < -0.39 is 0 Å². The standard InChI is InChI=1S/C25H28N8O.ClH/c1-2-4-16-10-12-28-20(13-16)31-25(34)18-8-6-17(7-9-18)22-21-23(26)29-15-30-24(21)33(32-22)19-5-3-11-27-14-19;/h6-10,12-13,15,19,27H,2-5,11,14H2,1H3,(H2,26,29,30)(H,28,31,34);1H/t19-;/m1./s1. The quantitative estimate of drug-likeness (QED) is 0.371. The number of pyridine rings is 1. The van der Waals surface area contributed by atoms with Crippen LogP contribution in [-0.2, 0) is 6.42 Å². The minimum absolute atomic E-state index is 0. The minimum atomic E-state index is -0.209. The third kappa shape index (κ3) is 5.11. The third-order valence-electron chi connectivity index (χ3n) is 6.16. The summed E-state index contributed by atoms with van der Waals surface area (Å²) in [5.74, 6) is 0.741. The van der Waals surface area contributed by atoms with Gasteiger partial charge in [-0.2, -0.15) is 5.10 Å². The molecule has 1 aromatic carbocycles. The van der Waals surface area contributed by atoms with E-state index >= 15 is 0 Å². The van der Waals surface area contributed by atoms with Crippen molar-refractivity contribution in [1.82, 2.24) is 30.0 Å². The van der Waals surface area contributed by atoms with Crippen molar-refractivity contribution in [3.8, 4) is 11.3 Å². The SMILES string of the molecule is CCCc1ccnc(NC(=O)c2ccc(-c3nn([C@@H]4CCCNC4)c4ncnc(N)c34)cc2)c1.Cl. The maximum Gasteiger partial charge on any atom is 0.256 e. The molecule has 182 valence electrons. The van der Waals surface area contributed by atoms with Gasteiger partial charge in [0.15, 0.2) is 5.65 Å². The molecule has 0 bridgehead atoms. The number of halogens is 1. The Morgan fingerprint density at radius 3 is 2.77 bits per heavy atom. The number of fused-ring (bicyclic) bond motifs is 1. The Bertz CT molecular complexity index is 1320. The van der Waals surface area contributed by atoms with Crippen LogP contribution in [0.15, 0.2) is 48.9 Å². The number of nitrogen functional groups attached to an aromatic ring is 1. The largest absolute Gasteiger partial charge is 0.383 e. The number of aryl methyl sites for hydroxylation is 1. The summed E-state index contributed by atoms with van der Waals surface area (Å²) in [7, 11) is 0. The molecule has 1 saturated heterocycles. The number of carbonyl (C=O) groups excluding carboxylic acids is 1. The van der Waals surface area contributed by atoms with Crippen molar-refractivity contribution in [1.29, 1.82) is 0 Å². The first-order valence-electron chi connectivity index (χ1n) is 11.7. The van der Waals surface area contributed by atoms with Gasteiger partial charge in [-0.25, -0.2) is 19.6 Å². The monoisotopic (exact) mass is 492 g/mol. The second kappa shape index (κ2) is 10.8. The highest BCUT2D eigenvalue weighted by atomic mass is 35.5. The van der Waals surface area contributed by atoms with E-state index in [9.17, 15) is 4.79 Å². The number of hydrogen-bond donors (Lipinski definition) is 3. The van der Waals surface area contributed by atoms with E-state index in [2.05, 4.69) is 32.5 Å². The zero-order valence-electron chi connectivity index (χ0n) is 19.6. The molecule has 0 spiro atoms. The number of aromatic nitrogens is 5. The van der Waals surface area contributed by atoms with E-state index in [0.29, 0.717) is 17.2 Å². The van der Waals surface area contributed by atoms with Crippen LogP contribution in [0, 0.1) is 0 Å². The van der Waals surface area contributed by atoms with E-state index in [4.69, 9.17) is 10.8 Å². The molecule has 1 aliphatic heterocycles. The number of hydrogen-bond acceptors (Lipinski definition) is 7. The molecule has 1 fully saturated rings. The lowest BCUT2D eigenvalue weighted by Crippen LogP contribution is -2.32. The van der Waals surface area contributed by atoms with Gasteiger partial charge in [0.1, 0.15) is 23.7 Å². The average molecular weight is 493 g/mol. The lowest BCUT2D eigenvalue weighted by Gasteiger charge is -2.23. The van der Waals surface area contributed by atoms with Crippen LogP contribution >= 0.6 is 12.4 Å². The summed E-state index contributed by atoms with van der Waals surface area (Å²) in [5.41, 5.74) is 10.2. The van der Waals surface area contributed by atoms with Gasteiger partial charge >= 0.3 is 0 Å². The summed E-state index contributed by atoms with van der Waals surface area (Å²) < 4.78 is 1.96. The van der Waals surface area contributed by atoms with Gasteiger partial charge in [0, 0.05) is 23.9 Å². The Hall–Kier alpha value is -3.56. The molecule has 4 N–H and O–H groups in total. The molecule has 0 unspecified atom stereocenters. The van der Waals surface area contributed by atoms with Gasteiger partial charge in [-0.1, -0.05) is 25.5 Å². The molecule has 1 amide bonds. The molecule has 0 aliphatic carbocycles. The number of amides is 1. The number of carbonyl (C=O) groups is 1. The van der Waals surface area contributed by atoms with Crippen LogP contribution in [0.5, 0.6) is 0 Å². The summed E-state index contributed by atoms with van der Waals surface area (Å²) in [6, 6.07) is 11.4. The van der Waals surface area contributed by atoms with Crippen molar-refractivity contribution in [2.24, 2.45) is 0 Å². The van der Waals surface area contributed by atoms with E-state index in [-0.39, 0.29) is 24.4 Å². The predicted molar refractivity (Wildman–Crippen MR) is 140 cm³/mol. The Labute approximate surface area is 210 Å². The highest BCUT2D eigenvalue weighted by Crippen LogP contribution is 2.33. The third-order valence-corrected chi connectivity index (χ3v) is 6.16. The van der Waals surface area contributed by atoms with Crippen molar-refractivity contribution in [3.63, 3.8) is 0 Å². The Kier molecular flexibility index (Phi) is 7.57. The normalized spacial score (nSPS) is 15.5. The molecule has 0 radical (unpaired) electrons. The minimum Gasteiger partial charge on any atom is -0.383 e. The molecular weight excluding hydrogens is 464 g/mol. The maximum absolute atomic E-state index is 12.8. The predicted octanol–water partition coefficient (Wildman–Crippen LogP) is 4.02. The van der Waals surface area contributed by atoms with Crippen LogP contribution in [0.1, 0.15) is 48.1 Å². The zero-order chi connectivity index (χ0) is 23.5. The summed E-state index contributed by atoms with van der Waals surface area (Å²) in [4.78, 5) is 25.7. The first-order chi connectivity index (χ1) is 16.6. The van der Waals surface area contributed by atoms with E-state index in [1.807, 2.05) is 28.9 Å². The van der Waals surface area contributed by atoms with Gasteiger partial charge in [-0.05, 0) is 55.6 Å². The number of piperidine rings is 1. The molecule has 4 heterocycles. The van der Waals surface area contributed by atoms with E-state index in [1.54, 1.807) is 18.3 Å². The number of benzene rings is 1. The number of nitrogens with one attached hydrogen (secondary N) is 2. The van der Waals surface area contributed by atoms with Gasteiger partial charge in [0.25, 0.3) is 5.91 Å². The van der Waals surface area contributed by atoms with Crippen LogP contribution < -0.4 is 16.4 Å². The van der Waals surface area contributed by atoms with Crippen LogP contribution in [0.25, 0.3) is 22.3 Å². The first kappa shape index (κ1) is 24.6. The highest BCUT2D eigenvalue weighted by Gasteiger charge is 2.23. The Balaban J connectivity index is 0.00000289. The lowest BCUT2D eigenvalue weighted by molar-refractivity contribution is 0.102. The number of nitrogens with zero attached hydrogens (tertiary/aromatic N) is 5. The van der Waals surface area contributed by atoms with Crippen LogP contribution in [0.4, 0.5) is 11.6 Å². The molecule has 35 heavy (non-hydrogen) atoms. The van der Waals surface area contributed by atoms with Crippen LogP contribution in [0.2, 0.25) is 0 Å². The van der Waals surface area contributed by atoms with Crippen LogP contribution in [0.3, 0.4) is 0 Å². The fourth-order valence-electron chi connectivity index (χ4n) is 4.45. The summed E-state index contributed by atoms with van der Waals surface area (Å²) in [6.45, 7) is 3.98. The fraction of sp³-hybridized carbons (Fsp3) is 0.320. The fourth-order valence-corrected chi connectivity index (χ4v) is 4.45. The molecule has 9 nitrogen and oxygen atoms in total. The van der Waals surface area contributed by atoms with Crippen molar-refractivity contribution < 1.29 is 4.79 Å². The molecule has 1 atom stereocenters. The summed E-state index contributed by atoms with van der Waals surface area (Å²) in [5, 5.41) is 11.9. The second-order valence-electron chi connectivity index (χ2n) is 8.58. The molecule has 5 rings (SSSR count). The lowest BCUT2D eigenvalue weighted by atomic mass is 10.1. The molecule has 3 aromatic heterocycles. The van der Waals surface area contributed by atoms with Gasteiger partial charge in [0.2, 0.25) is 0 Å². The van der Waals surface area contributed by atoms with Crippen LogP contribution in [-0.4, -0.2) is 43.7 Å². The molecule has 0 saturated carbocycles. The number of rotatable bonds is 6. The molecule has 10 heteroatoms. The van der Waals surface area contributed by atoms with Gasteiger partial charge in [-0.3, -0.25) is 4.79 Å². The average Bonchev–Trinajstić information content (AvgIpc) is 3.26. The number of anilines is 2. The van der Waals surface area contributed by atoms with Gasteiger partial charge < -0.3 is 16.4 Å². The summed E-state index contributed by atoms with van der Waals surface area (Å²) >= 11 is 0. The molecule has 4 aromatic rings. The smallest absolute Gasteiger partial charge is 0.256 e. The molecular formula is C25H29ClN8O.